The van der Waals surface area contributed by atoms with Crippen LogP contribution in [0.1, 0.15) is 46.5 Å². The van der Waals surface area contributed by atoms with Crippen LogP contribution in [-0.2, 0) is 23.9 Å². The highest BCUT2D eigenvalue weighted by Crippen LogP contribution is 2.12. The Hall–Kier alpha value is -1.92. The molecule has 118 valence electrons. The second-order valence-electron chi connectivity index (χ2n) is 6.04. The maximum atomic E-state index is 11.8. The van der Waals surface area contributed by atoms with Gasteiger partial charge in [-0.15, -0.1) is 0 Å². The van der Waals surface area contributed by atoms with Gasteiger partial charge in [0.1, 0.15) is 11.6 Å². The van der Waals surface area contributed by atoms with Crippen molar-refractivity contribution in [2.24, 2.45) is 0 Å². The molecule has 1 unspecified atom stereocenters. The van der Waals surface area contributed by atoms with Crippen LogP contribution in [0.25, 0.3) is 0 Å². The van der Waals surface area contributed by atoms with Crippen LogP contribution in [-0.4, -0.2) is 47.3 Å². The van der Waals surface area contributed by atoms with E-state index in [1.807, 2.05) is 0 Å². The largest absolute Gasteiger partial charge is 0.460 e. The first kappa shape index (κ1) is 17.1. The van der Waals surface area contributed by atoms with Crippen molar-refractivity contribution in [1.82, 2.24) is 10.2 Å². The third-order valence-corrected chi connectivity index (χ3v) is 2.96. The molecular formula is C14H22N2O5. The molecule has 0 spiro atoms. The molecule has 0 aliphatic carbocycles. The molecule has 0 radical (unpaired) electrons. The Morgan fingerprint density at radius 1 is 1.29 bits per heavy atom. The highest BCUT2D eigenvalue weighted by Gasteiger charge is 2.32. The molecule has 1 aliphatic rings. The molecule has 3 amide bonds. The minimum atomic E-state index is -0.696. The van der Waals surface area contributed by atoms with E-state index >= 15 is 0 Å². The summed E-state index contributed by atoms with van der Waals surface area (Å²) in [7, 11) is 1.39. The van der Waals surface area contributed by atoms with Gasteiger partial charge >= 0.3 is 5.97 Å². The number of carbonyl (C=O) groups is 4. The predicted molar refractivity (Wildman–Crippen MR) is 74.0 cm³/mol. The van der Waals surface area contributed by atoms with Crippen LogP contribution >= 0.6 is 0 Å². The minimum absolute atomic E-state index is 0.0429. The van der Waals surface area contributed by atoms with Crippen LogP contribution in [0.2, 0.25) is 0 Å². The average molecular weight is 298 g/mol. The molecule has 1 N–H and O–H groups in total. The Bertz CT molecular complexity index is 453. The Morgan fingerprint density at radius 3 is 2.48 bits per heavy atom. The monoisotopic (exact) mass is 298 g/mol. The Morgan fingerprint density at radius 2 is 1.90 bits per heavy atom. The number of rotatable bonds is 4. The van der Waals surface area contributed by atoms with Crippen molar-refractivity contribution >= 4 is 23.7 Å². The van der Waals surface area contributed by atoms with E-state index in [1.165, 1.54) is 7.05 Å². The predicted octanol–water partition coefficient (Wildman–Crippen LogP) is 0.372. The Balaban J connectivity index is 2.39. The number of ether oxygens (including phenoxy) is 1. The van der Waals surface area contributed by atoms with Crippen molar-refractivity contribution in [2.75, 3.05) is 7.05 Å². The molecule has 1 aliphatic heterocycles. The van der Waals surface area contributed by atoms with Gasteiger partial charge in [0.25, 0.3) is 5.91 Å². The number of likely N-dealkylation sites (tertiary alicyclic amines) is 1. The minimum Gasteiger partial charge on any atom is -0.460 e. The lowest BCUT2D eigenvalue weighted by Crippen LogP contribution is -2.52. The van der Waals surface area contributed by atoms with E-state index < -0.39 is 29.4 Å². The second-order valence-corrected chi connectivity index (χ2v) is 6.04. The molecule has 7 heteroatoms. The zero-order valence-corrected chi connectivity index (χ0v) is 12.9. The number of nitrogens with zero attached hydrogens (tertiary/aromatic N) is 1. The third-order valence-electron chi connectivity index (χ3n) is 2.96. The van der Waals surface area contributed by atoms with Gasteiger partial charge in [0.2, 0.25) is 11.8 Å². The van der Waals surface area contributed by atoms with Crippen LogP contribution in [0.5, 0.6) is 0 Å². The summed E-state index contributed by atoms with van der Waals surface area (Å²) in [6.07, 6.45) is 0.425. The molecule has 1 atom stereocenters. The highest BCUT2D eigenvalue weighted by atomic mass is 16.6. The number of esters is 1. The number of hydrogen-bond acceptors (Lipinski definition) is 5. The Labute approximate surface area is 124 Å². The first-order valence-electron chi connectivity index (χ1n) is 6.92. The summed E-state index contributed by atoms with van der Waals surface area (Å²) in [5.74, 6) is -1.53. The molecule has 0 aromatic rings. The second kappa shape index (κ2) is 6.69. The summed E-state index contributed by atoms with van der Waals surface area (Å²) in [6.45, 7) is 5.25. The van der Waals surface area contributed by atoms with Crippen LogP contribution < -0.4 is 5.32 Å². The lowest BCUT2D eigenvalue weighted by Gasteiger charge is -2.28. The molecule has 0 bridgehead atoms. The van der Waals surface area contributed by atoms with Gasteiger partial charge in [-0.25, -0.2) is 0 Å². The fourth-order valence-electron chi connectivity index (χ4n) is 1.92. The topological polar surface area (TPSA) is 92.8 Å². The van der Waals surface area contributed by atoms with Gasteiger partial charge in [-0.05, 0) is 27.2 Å². The van der Waals surface area contributed by atoms with Crippen molar-refractivity contribution in [1.29, 1.82) is 0 Å². The number of carbonyl (C=O) groups excluding carboxylic acids is 4. The van der Waals surface area contributed by atoms with Crippen LogP contribution in [0.3, 0.4) is 0 Å². The number of imide groups is 1. The van der Waals surface area contributed by atoms with E-state index in [4.69, 9.17) is 4.74 Å². The summed E-state index contributed by atoms with van der Waals surface area (Å²) in [6, 6.07) is -0.696. The van der Waals surface area contributed by atoms with Gasteiger partial charge in [-0.1, -0.05) is 0 Å². The van der Waals surface area contributed by atoms with Crippen LogP contribution in [0.4, 0.5) is 0 Å². The molecular weight excluding hydrogens is 276 g/mol. The van der Waals surface area contributed by atoms with Gasteiger partial charge in [-0.3, -0.25) is 24.1 Å². The number of piperidine rings is 1. The summed E-state index contributed by atoms with van der Waals surface area (Å²) in [5, 5.41) is 2.55. The van der Waals surface area contributed by atoms with Gasteiger partial charge in [-0.2, -0.15) is 0 Å². The number of amides is 3. The first-order valence-corrected chi connectivity index (χ1v) is 6.92. The van der Waals surface area contributed by atoms with Gasteiger partial charge < -0.3 is 10.1 Å². The van der Waals surface area contributed by atoms with Crippen molar-refractivity contribution in [3.63, 3.8) is 0 Å². The molecule has 1 fully saturated rings. The summed E-state index contributed by atoms with van der Waals surface area (Å²) in [4.78, 5) is 47.4. The van der Waals surface area contributed by atoms with E-state index in [-0.39, 0.29) is 25.2 Å². The lowest BCUT2D eigenvalue weighted by molar-refractivity contribution is -0.155. The average Bonchev–Trinajstić information content (AvgIpc) is 2.35. The molecule has 21 heavy (non-hydrogen) atoms. The Kier molecular flexibility index (Phi) is 5.46. The first-order chi connectivity index (χ1) is 9.60. The van der Waals surface area contributed by atoms with Gasteiger partial charge in [0.15, 0.2) is 0 Å². The third kappa shape index (κ3) is 5.53. The van der Waals surface area contributed by atoms with E-state index in [9.17, 15) is 19.2 Å². The maximum Gasteiger partial charge on any atom is 0.306 e. The maximum absolute atomic E-state index is 11.8. The zero-order valence-electron chi connectivity index (χ0n) is 12.9. The van der Waals surface area contributed by atoms with Crippen molar-refractivity contribution in [3.05, 3.63) is 0 Å². The van der Waals surface area contributed by atoms with Crippen molar-refractivity contribution < 1.29 is 23.9 Å². The van der Waals surface area contributed by atoms with Gasteiger partial charge in [0, 0.05) is 19.9 Å². The summed E-state index contributed by atoms with van der Waals surface area (Å²) >= 11 is 0. The van der Waals surface area contributed by atoms with Crippen LogP contribution in [0, 0.1) is 0 Å². The fourth-order valence-corrected chi connectivity index (χ4v) is 1.92. The van der Waals surface area contributed by atoms with Crippen LogP contribution in [0.15, 0.2) is 0 Å². The smallest absolute Gasteiger partial charge is 0.306 e. The standard InChI is InChI=1S/C14H22N2O5/c1-14(2,3)21-12(19)8-6-10(17)15-9-5-7-11(18)16(4)13(9)20/h9H,5-8H2,1-4H3,(H,15,17). The number of nitrogens with one attached hydrogen (secondary N) is 1. The highest BCUT2D eigenvalue weighted by molar-refractivity contribution is 6.01. The van der Waals surface area contributed by atoms with E-state index in [1.54, 1.807) is 20.8 Å². The molecule has 1 saturated heterocycles. The van der Waals surface area contributed by atoms with Gasteiger partial charge in [0.05, 0.1) is 6.42 Å². The van der Waals surface area contributed by atoms with E-state index in [0.29, 0.717) is 6.42 Å². The summed E-state index contributed by atoms with van der Waals surface area (Å²) in [5.41, 5.74) is -0.587. The number of likely N-dealkylation sites (N-methyl/N-ethyl adjacent to an activating group) is 1. The van der Waals surface area contributed by atoms with E-state index in [2.05, 4.69) is 5.32 Å². The zero-order chi connectivity index (χ0) is 16.2. The lowest BCUT2D eigenvalue weighted by atomic mass is 10.0. The van der Waals surface area contributed by atoms with Crippen molar-refractivity contribution in [2.45, 2.75) is 58.1 Å². The number of hydrogen-bond donors (Lipinski definition) is 1. The molecule has 1 rings (SSSR count). The molecule has 0 saturated carbocycles. The molecule has 7 nitrogen and oxygen atoms in total. The SMILES string of the molecule is CN1C(=O)CCC(NC(=O)CCC(=O)OC(C)(C)C)C1=O. The quantitative estimate of drug-likeness (QED) is 0.598. The molecule has 1 heterocycles. The fraction of sp³-hybridized carbons (Fsp3) is 0.714. The normalized spacial score (nSPS) is 19.4. The van der Waals surface area contributed by atoms with E-state index in [0.717, 1.165) is 4.90 Å². The van der Waals surface area contributed by atoms with Crippen molar-refractivity contribution in [3.8, 4) is 0 Å². The summed E-state index contributed by atoms with van der Waals surface area (Å²) < 4.78 is 5.09. The molecule has 0 aromatic heterocycles. The molecule has 0 aromatic carbocycles.